The summed E-state index contributed by atoms with van der Waals surface area (Å²) in [6, 6.07) is 1.56. The SMILES string of the molecule is COc1cnc(C(F)(F)F)cc1[C@H](C)Nc1ncc(C(=O)NCC2(CC(=O)O)COC2)cc1C=N. The molecule has 1 fully saturated rings. The summed E-state index contributed by atoms with van der Waals surface area (Å²) in [5.41, 5.74) is -1.21. The molecule has 1 aliphatic rings. The lowest BCUT2D eigenvalue weighted by Gasteiger charge is -2.40. The van der Waals surface area contributed by atoms with E-state index in [-0.39, 0.29) is 54.4 Å². The average molecular weight is 495 g/mol. The van der Waals surface area contributed by atoms with Crippen LogP contribution in [0.2, 0.25) is 0 Å². The minimum Gasteiger partial charge on any atom is -0.495 e. The van der Waals surface area contributed by atoms with Gasteiger partial charge in [-0.25, -0.2) is 9.97 Å². The van der Waals surface area contributed by atoms with Gasteiger partial charge in [-0.1, -0.05) is 0 Å². The lowest BCUT2D eigenvalue weighted by Crippen LogP contribution is -2.52. The number of carbonyl (C=O) groups excluding carboxylic acids is 1. The highest BCUT2D eigenvalue weighted by molar-refractivity contribution is 5.97. The molecule has 188 valence electrons. The minimum atomic E-state index is -4.64. The van der Waals surface area contributed by atoms with Crippen LogP contribution in [0.3, 0.4) is 0 Å². The van der Waals surface area contributed by atoms with Crippen molar-refractivity contribution in [1.29, 1.82) is 5.41 Å². The highest BCUT2D eigenvalue weighted by atomic mass is 19.4. The molecular formula is C22H24F3N5O5. The number of carbonyl (C=O) groups is 2. The summed E-state index contributed by atoms with van der Waals surface area (Å²) >= 11 is 0. The third-order valence-corrected chi connectivity index (χ3v) is 5.53. The first-order chi connectivity index (χ1) is 16.5. The van der Waals surface area contributed by atoms with Crippen LogP contribution < -0.4 is 15.4 Å². The van der Waals surface area contributed by atoms with Gasteiger partial charge in [0, 0.05) is 35.5 Å². The number of carboxylic acid groups (broad SMARTS) is 1. The number of carboxylic acids is 1. The number of nitrogens with zero attached hydrogens (tertiary/aromatic N) is 2. The fraction of sp³-hybridized carbons (Fsp3) is 0.409. The summed E-state index contributed by atoms with van der Waals surface area (Å²) in [6.07, 6.45) is -1.59. The molecule has 13 heteroatoms. The molecule has 3 heterocycles. The maximum atomic E-state index is 13.1. The van der Waals surface area contributed by atoms with Crippen LogP contribution in [0, 0.1) is 10.8 Å². The number of methoxy groups -OCH3 is 1. The Morgan fingerprint density at radius 2 is 2.03 bits per heavy atom. The standard InChI is InChI=1S/C22H24F3N5O5/c1-12(15-4-17(22(23,24)25)27-8-16(15)34-2)30-19-13(6-26)3-14(7-28-19)20(33)29-9-21(5-18(31)32)10-35-11-21/h3-4,6-8,12,26H,5,9-11H2,1-2H3,(H,28,30)(H,29,33)(H,31,32)/t12-/m0/s1. The number of ether oxygens (including phenoxy) is 2. The van der Waals surface area contributed by atoms with E-state index in [4.69, 9.17) is 20.0 Å². The summed E-state index contributed by atoms with van der Waals surface area (Å²) in [5.74, 6) is -1.19. The van der Waals surface area contributed by atoms with Crippen molar-refractivity contribution in [3.05, 3.63) is 46.9 Å². The predicted octanol–water partition coefficient (Wildman–Crippen LogP) is 2.90. The van der Waals surface area contributed by atoms with Crippen LogP contribution in [0.15, 0.2) is 24.5 Å². The molecule has 0 spiro atoms. The summed E-state index contributed by atoms with van der Waals surface area (Å²) in [5, 5.41) is 22.4. The zero-order valence-corrected chi connectivity index (χ0v) is 18.9. The molecule has 35 heavy (non-hydrogen) atoms. The fourth-order valence-corrected chi connectivity index (χ4v) is 3.59. The maximum absolute atomic E-state index is 13.1. The molecule has 0 saturated carbocycles. The van der Waals surface area contributed by atoms with Gasteiger partial charge in [-0.2, -0.15) is 13.2 Å². The van der Waals surface area contributed by atoms with Crippen LogP contribution in [0.25, 0.3) is 0 Å². The van der Waals surface area contributed by atoms with E-state index in [1.54, 1.807) is 6.92 Å². The van der Waals surface area contributed by atoms with E-state index in [1.807, 2.05) is 0 Å². The number of halogens is 3. The van der Waals surface area contributed by atoms with Crippen molar-refractivity contribution >= 4 is 23.9 Å². The molecule has 3 rings (SSSR count). The highest BCUT2D eigenvalue weighted by Crippen LogP contribution is 2.34. The van der Waals surface area contributed by atoms with Crippen molar-refractivity contribution in [2.24, 2.45) is 5.41 Å². The Morgan fingerprint density at radius 1 is 1.31 bits per heavy atom. The van der Waals surface area contributed by atoms with E-state index >= 15 is 0 Å². The highest BCUT2D eigenvalue weighted by Gasteiger charge is 2.41. The largest absolute Gasteiger partial charge is 0.495 e. The fourth-order valence-electron chi connectivity index (χ4n) is 3.59. The van der Waals surface area contributed by atoms with E-state index in [1.165, 1.54) is 19.4 Å². The Kier molecular flexibility index (Phi) is 7.58. The first kappa shape index (κ1) is 25.9. The van der Waals surface area contributed by atoms with Gasteiger partial charge in [0.15, 0.2) is 0 Å². The normalized spacial score (nSPS) is 15.5. The van der Waals surface area contributed by atoms with E-state index in [9.17, 15) is 22.8 Å². The van der Waals surface area contributed by atoms with Crippen LogP contribution in [0.5, 0.6) is 5.75 Å². The van der Waals surface area contributed by atoms with Crippen LogP contribution in [0.1, 0.15) is 46.6 Å². The number of anilines is 1. The smallest absolute Gasteiger partial charge is 0.433 e. The summed E-state index contributed by atoms with van der Waals surface area (Å²) in [6.45, 7) is 2.13. The van der Waals surface area contributed by atoms with Crippen molar-refractivity contribution in [2.45, 2.75) is 25.6 Å². The van der Waals surface area contributed by atoms with E-state index < -0.39 is 35.2 Å². The molecule has 4 N–H and O–H groups in total. The molecule has 0 unspecified atom stereocenters. The van der Waals surface area contributed by atoms with Gasteiger partial charge in [0.2, 0.25) is 0 Å². The second-order valence-corrected chi connectivity index (χ2v) is 8.23. The van der Waals surface area contributed by atoms with E-state index in [0.717, 1.165) is 18.5 Å². The summed E-state index contributed by atoms with van der Waals surface area (Å²) in [7, 11) is 1.31. The van der Waals surface area contributed by atoms with Gasteiger partial charge >= 0.3 is 12.1 Å². The molecule has 0 bridgehead atoms. The van der Waals surface area contributed by atoms with Crippen LogP contribution in [-0.4, -0.2) is 60.0 Å². The first-order valence-electron chi connectivity index (χ1n) is 10.4. The van der Waals surface area contributed by atoms with Gasteiger partial charge in [0.1, 0.15) is 17.3 Å². The van der Waals surface area contributed by atoms with Gasteiger partial charge in [0.05, 0.1) is 44.5 Å². The average Bonchev–Trinajstić information content (AvgIpc) is 2.79. The van der Waals surface area contributed by atoms with Crippen LogP contribution in [-0.2, 0) is 15.7 Å². The summed E-state index contributed by atoms with van der Waals surface area (Å²) in [4.78, 5) is 31.2. The Balaban J connectivity index is 1.76. The van der Waals surface area contributed by atoms with Gasteiger partial charge in [-0.05, 0) is 19.1 Å². The Morgan fingerprint density at radius 3 is 2.57 bits per heavy atom. The Hall–Kier alpha value is -3.74. The van der Waals surface area contributed by atoms with Crippen molar-refractivity contribution in [1.82, 2.24) is 15.3 Å². The topological polar surface area (TPSA) is 147 Å². The Bertz CT molecular complexity index is 1120. The second kappa shape index (κ2) is 10.3. The predicted molar refractivity (Wildman–Crippen MR) is 118 cm³/mol. The molecule has 1 saturated heterocycles. The molecule has 2 aromatic heterocycles. The van der Waals surface area contributed by atoms with Crippen molar-refractivity contribution < 1.29 is 37.3 Å². The minimum absolute atomic E-state index is 0.0957. The number of alkyl halides is 3. The zero-order chi connectivity index (χ0) is 25.8. The van der Waals surface area contributed by atoms with Crippen molar-refractivity contribution in [3.8, 4) is 5.75 Å². The molecule has 10 nitrogen and oxygen atoms in total. The number of nitrogens with one attached hydrogen (secondary N) is 3. The summed E-state index contributed by atoms with van der Waals surface area (Å²) < 4.78 is 49.6. The quantitative estimate of drug-likeness (QED) is 0.368. The third kappa shape index (κ3) is 6.04. The number of pyridine rings is 2. The molecule has 1 amide bonds. The number of hydrogen-bond acceptors (Lipinski definition) is 8. The van der Waals surface area contributed by atoms with Gasteiger partial charge in [-0.3, -0.25) is 9.59 Å². The number of aliphatic carboxylic acids is 1. The van der Waals surface area contributed by atoms with Gasteiger partial charge < -0.3 is 30.6 Å². The van der Waals surface area contributed by atoms with Crippen molar-refractivity contribution in [2.75, 3.05) is 32.2 Å². The monoisotopic (exact) mass is 495 g/mol. The number of hydrogen-bond donors (Lipinski definition) is 4. The number of amides is 1. The first-order valence-corrected chi connectivity index (χ1v) is 10.4. The molecule has 2 aromatic rings. The molecule has 1 aliphatic heterocycles. The van der Waals surface area contributed by atoms with Crippen LogP contribution in [0.4, 0.5) is 19.0 Å². The number of aromatic nitrogens is 2. The molecular weight excluding hydrogens is 471 g/mol. The van der Waals surface area contributed by atoms with Crippen molar-refractivity contribution in [3.63, 3.8) is 0 Å². The van der Waals surface area contributed by atoms with E-state index in [2.05, 4.69) is 20.6 Å². The number of rotatable bonds is 10. The lowest BCUT2D eigenvalue weighted by atomic mass is 9.82. The van der Waals surface area contributed by atoms with E-state index in [0.29, 0.717) is 0 Å². The lowest BCUT2D eigenvalue weighted by molar-refractivity contribution is -0.155. The van der Waals surface area contributed by atoms with Gasteiger partial charge in [0.25, 0.3) is 5.91 Å². The van der Waals surface area contributed by atoms with Crippen LogP contribution >= 0.6 is 0 Å². The molecule has 0 radical (unpaired) electrons. The molecule has 1 atom stereocenters. The third-order valence-electron chi connectivity index (χ3n) is 5.53. The van der Waals surface area contributed by atoms with Gasteiger partial charge in [-0.15, -0.1) is 0 Å². The Labute approximate surface area is 198 Å². The second-order valence-electron chi connectivity index (χ2n) is 8.23. The maximum Gasteiger partial charge on any atom is 0.433 e. The molecule has 0 aromatic carbocycles. The zero-order valence-electron chi connectivity index (χ0n) is 18.9. The molecule has 0 aliphatic carbocycles.